The van der Waals surface area contributed by atoms with Gasteiger partial charge in [0.05, 0.1) is 7.11 Å². The van der Waals surface area contributed by atoms with Gasteiger partial charge in [-0.05, 0) is 49.6 Å². The number of hydrogen-bond donors (Lipinski definition) is 2. The van der Waals surface area contributed by atoms with E-state index in [9.17, 15) is 9.90 Å². The van der Waals surface area contributed by atoms with Gasteiger partial charge in [-0.1, -0.05) is 6.07 Å². The van der Waals surface area contributed by atoms with Crippen LogP contribution < -0.4 is 10.1 Å². The van der Waals surface area contributed by atoms with Gasteiger partial charge >= 0.3 is 5.97 Å². The van der Waals surface area contributed by atoms with Gasteiger partial charge in [0.15, 0.2) is 0 Å². The number of carbonyl (C=O) groups is 1. The van der Waals surface area contributed by atoms with Crippen LogP contribution in [0.5, 0.6) is 5.75 Å². The maximum atomic E-state index is 11.6. The van der Waals surface area contributed by atoms with Gasteiger partial charge in [0.2, 0.25) is 0 Å². The van der Waals surface area contributed by atoms with E-state index in [1.165, 1.54) is 0 Å². The Morgan fingerprint density at radius 3 is 2.88 bits per heavy atom. The van der Waals surface area contributed by atoms with Crippen molar-refractivity contribution in [2.24, 2.45) is 0 Å². The smallest absolute Gasteiger partial charge is 0.328 e. The molecule has 0 aliphatic heterocycles. The summed E-state index contributed by atoms with van der Waals surface area (Å²) in [5, 5.41) is 12.5. The third-order valence-electron chi connectivity index (χ3n) is 3.57. The van der Waals surface area contributed by atoms with Crippen molar-refractivity contribution in [1.82, 2.24) is 5.32 Å². The van der Waals surface area contributed by atoms with Crippen molar-refractivity contribution in [2.45, 2.75) is 24.8 Å². The summed E-state index contributed by atoms with van der Waals surface area (Å²) < 4.78 is 5.18. The predicted octanol–water partition coefficient (Wildman–Crippen LogP) is 1.53. The minimum absolute atomic E-state index is 0.610. The van der Waals surface area contributed by atoms with E-state index >= 15 is 0 Å². The Bertz CT molecular complexity index is 444. The van der Waals surface area contributed by atoms with Crippen LogP contribution >= 0.6 is 0 Å². The van der Waals surface area contributed by atoms with E-state index in [2.05, 4.69) is 5.32 Å². The van der Waals surface area contributed by atoms with Crippen molar-refractivity contribution in [1.29, 1.82) is 0 Å². The number of fused-ring (bicyclic) bond motifs is 1. The second kappa shape index (κ2) is 4.37. The Kier molecular flexibility index (Phi) is 3.07. The molecular formula is C13H17NO3. The van der Waals surface area contributed by atoms with Gasteiger partial charge in [-0.25, -0.2) is 4.79 Å². The molecule has 0 spiro atoms. The normalized spacial score (nSPS) is 22.9. The molecule has 1 aliphatic rings. The number of aryl methyl sites for hydroxylation is 1. The molecule has 1 aromatic rings. The Labute approximate surface area is 101 Å². The zero-order valence-corrected chi connectivity index (χ0v) is 10.1. The fourth-order valence-electron chi connectivity index (χ4n) is 2.57. The first-order valence-corrected chi connectivity index (χ1v) is 5.74. The van der Waals surface area contributed by atoms with E-state index in [1.807, 2.05) is 18.2 Å². The lowest BCUT2D eigenvalue weighted by atomic mass is 9.76. The summed E-state index contributed by atoms with van der Waals surface area (Å²) in [6.07, 6.45) is 2.42. The Morgan fingerprint density at radius 2 is 2.29 bits per heavy atom. The number of benzene rings is 1. The van der Waals surface area contributed by atoms with Crippen LogP contribution in [0.15, 0.2) is 18.2 Å². The highest BCUT2D eigenvalue weighted by atomic mass is 16.5. The summed E-state index contributed by atoms with van der Waals surface area (Å²) in [4.78, 5) is 11.6. The van der Waals surface area contributed by atoms with Crippen LogP contribution in [0.25, 0.3) is 0 Å². The number of carboxylic acid groups (broad SMARTS) is 1. The number of nitrogens with one attached hydrogen (secondary N) is 1. The minimum Gasteiger partial charge on any atom is -0.497 e. The van der Waals surface area contributed by atoms with Crippen LogP contribution in [0.1, 0.15) is 24.0 Å². The molecule has 0 heterocycles. The number of methoxy groups -OCH3 is 1. The van der Waals surface area contributed by atoms with Crippen molar-refractivity contribution >= 4 is 5.97 Å². The number of aliphatic carboxylic acids is 1. The molecule has 1 atom stereocenters. The Balaban J connectivity index is 2.58. The summed E-state index contributed by atoms with van der Waals surface area (Å²) in [5.74, 6) is -0.124. The predicted molar refractivity (Wildman–Crippen MR) is 64.3 cm³/mol. The minimum atomic E-state index is -0.970. The van der Waals surface area contributed by atoms with Gasteiger partial charge in [-0.2, -0.15) is 0 Å². The van der Waals surface area contributed by atoms with Crippen molar-refractivity contribution in [2.75, 3.05) is 14.2 Å². The standard InChI is InChI=1S/C13H17NO3/c1-14-13(12(15)16)7-3-4-9-5-6-10(17-2)8-11(9)13/h5-6,8,14H,3-4,7H2,1-2H3,(H,15,16). The molecule has 1 aliphatic carbocycles. The molecule has 0 amide bonds. The van der Waals surface area contributed by atoms with Gasteiger partial charge < -0.3 is 15.2 Å². The lowest BCUT2D eigenvalue weighted by Gasteiger charge is -2.35. The van der Waals surface area contributed by atoms with Gasteiger partial charge in [-0.15, -0.1) is 0 Å². The van der Waals surface area contributed by atoms with Crippen LogP contribution in [0.4, 0.5) is 0 Å². The number of hydrogen-bond acceptors (Lipinski definition) is 3. The van der Waals surface area contributed by atoms with E-state index in [1.54, 1.807) is 14.2 Å². The molecule has 0 fully saturated rings. The lowest BCUT2D eigenvalue weighted by molar-refractivity contribution is -0.145. The van der Waals surface area contributed by atoms with Crippen molar-refractivity contribution in [3.05, 3.63) is 29.3 Å². The molecule has 17 heavy (non-hydrogen) atoms. The molecule has 1 unspecified atom stereocenters. The largest absolute Gasteiger partial charge is 0.497 e. The summed E-state index contributed by atoms with van der Waals surface area (Å²) in [7, 11) is 3.29. The molecule has 0 bridgehead atoms. The lowest BCUT2D eigenvalue weighted by Crippen LogP contribution is -2.49. The molecule has 92 valence electrons. The highest BCUT2D eigenvalue weighted by Gasteiger charge is 2.42. The van der Waals surface area contributed by atoms with Gasteiger partial charge in [0, 0.05) is 0 Å². The Hall–Kier alpha value is -1.55. The average molecular weight is 235 g/mol. The molecule has 0 saturated heterocycles. The second-order valence-electron chi connectivity index (χ2n) is 4.34. The highest BCUT2D eigenvalue weighted by Crippen LogP contribution is 2.37. The molecule has 2 N–H and O–H groups in total. The van der Waals surface area contributed by atoms with Crippen LogP contribution in [0.2, 0.25) is 0 Å². The van der Waals surface area contributed by atoms with Crippen LogP contribution in [0.3, 0.4) is 0 Å². The molecule has 0 radical (unpaired) electrons. The summed E-state index contributed by atoms with van der Waals surface area (Å²) in [6, 6.07) is 5.67. The van der Waals surface area contributed by atoms with Crippen molar-refractivity contribution < 1.29 is 14.6 Å². The monoisotopic (exact) mass is 235 g/mol. The molecule has 1 aromatic carbocycles. The number of rotatable bonds is 3. The number of carboxylic acids is 1. The van der Waals surface area contributed by atoms with E-state index in [4.69, 9.17) is 4.74 Å². The van der Waals surface area contributed by atoms with Crippen molar-refractivity contribution in [3.8, 4) is 5.75 Å². The van der Waals surface area contributed by atoms with Gasteiger partial charge in [-0.3, -0.25) is 0 Å². The number of likely N-dealkylation sites (N-methyl/N-ethyl adjacent to an activating group) is 1. The average Bonchev–Trinajstić information content (AvgIpc) is 2.37. The zero-order valence-electron chi connectivity index (χ0n) is 10.1. The molecule has 0 saturated carbocycles. The number of ether oxygens (including phenoxy) is 1. The zero-order chi connectivity index (χ0) is 12.5. The van der Waals surface area contributed by atoms with Crippen LogP contribution in [-0.4, -0.2) is 25.2 Å². The third kappa shape index (κ3) is 1.78. The van der Waals surface area contributed by atoms with E-state index < -0.39 is 11.5 Å². The SMILES string of the molecule is CNC1(C(=O)O)CCCc2ccc(OC)cc21. The van der Waals surface area contributed by atoms with E-state index in [-0.39, 0.29) is 0 Å². The topological polar surface area (TPSA) is 58.6 Å². The molecule has 4 nitrogen and oxygen atoms in total. The Morgan fingerprint density at radius 1 is 1.53 bits per heavy atom. The second-order valence-corrected chi connectivity index (χ2v) is 4.34. The quantitative estimate of drug-likeness (QED) is 0.834. The maximum Gasteiger partial charge on any atom is 0.328 e. The fraction of sp³-hybridized carbons (Fsp3) is 0.462. The molecule has 0 aromatic heterocycles. The summed E-state index contributed by atoms with van der Waals surface area (Å²) in [6.45, 7) is 0. The molecule has 4 heteroatoms. The van der Waals surface area contributed by atoms with Crippen molar-refractivity contribution in [3.63, 3.8) is 0 Å². The first kappa shape index (κ1) is 11.9. The van der Waals surface area contributed by atoms with Crippen LogP contribution in [-0.2, 0) is 16.8 Å². The molecule has 2 rings (SSSR count). The summed E-state index contributed by atoms with van der Waals surface area (Å²) in [5.41, 5.74) is 0.953. The van der Waals surface area contributed by atoms with Gasteiger partial charge in [0.25, 0.3) is 0 Å². The van der Waals surface area contributed by atoms with E-state index in [0.717, 1.165) is 24.0 Å². The van der Waals surface area contributed by atoms with E-state index in [0.29, 0.717) is 12.2 Å². The highest BCUT2D eigenvalue weighted by molar-refractivity contribution is 5.82. The van der Waals surface area contributed by atoms with Gasteiger partial charge in [0.1, 0.15) is 11.3 Å². The first-order valence-electron chi connectivity index (χ1n) is 5.74. The first-order chi connectivity index (χ1) is 8.14. The third-order valence-corrected chi connectivity index (χ3v) is 3.57. The fourth-order valence-corrected chi connectivity index (χ4v) is 2.57. The summed E-state index contributed by atoms with van der Waals surface area (Å²) >= 11 is 0. The van der Waals surface area contributed by atoms with Crippen LogP contribution in [0, 0.1) is 0 Å². The maximum absolute atomic E-state index is 11.6. The molecular weight excluding hydrogens is 218 g/mol.